The van der Waals surface area contributed by atoms with Crippen molar-refractivity contribution in [2.45, 2.75) is 41.0 Å². The van der Waals surface area contributed by atoms with E-state index in [9.17, 15) is 14.7 Å². The maximum Gasteiger partial charge on any atom is 0.224 e. The number of ether oxygens (including phenoxy) is 1. The second kappa shape index (κ2) is 8.58. The maximum atomic E-state index is 12.0. The quantitative estimate of drug-likeness (QED) is 0.641. The third kappa shape index (κ3) is 5.74. The van der Waals surface area contributed by atoms with E-state index >= 15 is 0 Å². The van der Waals surface area contributed by atoms with E-state index in [0.717, 1.165) is 11.1 Å². The van der Waals surface area contributed by atoms with Crippen molar-refractivity contribution >= 4 is 23.2 Å². The molecule has 0 aliphatic rings. The number of hydrogen-bond donors (Lipinski definition) is 3. The number of amides is 2. The fourth-order valence-electron chi connectivity index (χ4n) is 2.76. The minimum Gasteiger partial charge on any atom is -0.506 e. The number of phenolic OH excluding ortho intramolecular Hbond substituents is 1. The Morgan fingerprint density at radius 2 is 1.70 bits per heavy atom. The molecule has 0 aliphatic heterocycles. The molecule has 0 heterocycles. The van der Waals surface area contributed by atoms with Gasteiger partial charge < -0.3 is 20.5 Å². The second-order valence-corrected chi connectivity index (χ2v) is 7.05. The molecule has 2 amide bonds. The number of rotatable bonds is 6. The summed E-state index contributed by atoms with van der Waals surface area (Å²) in [7, 11) is 0. The van der Waals surface area contributed by atoms with E-state index in [1.807, 2.05) is 39.8 Å². The summed E-state index contributed by atoms with van der Waals surface area (Å²) >= 11 is 0. The molecule has 6 heteroatoms. The van der Waals surface area contributed by atoms with Crippen molar-refractivity contribution in [1.29, 1.82) is 0 Å². The molecular formula is C21H26N2O4. The highest BCUT2D eigenvalue weighted by molar-refractivity contribution is 5.92. The van der Waals surface area contributed by atoms with Crippen molar-refractivity contribution in [2.75, 3.05) is 10.6 Å². The Balaban J connectivity index is 2.24. The highest BCUT2D eigenvalue weighted by Crippen LogP contribution is 2.35. The number of anilines is 2. The first kappa shape index (κ1) is 20.3. The highest BCUT2D eigenvalue weighted by Gasteiger charge is 2.12. The molecule has 0 radical (unpaired) electrons. The molecule has 0 unspecified atom stereocenters. The number of nitrogens with one attached hydrogen (secondary N) is 2. The van der Waals surface area contributed by atoms with E-state index in [0.29, 0.717) is 29.3 Å². The molecule has 0 aromatic heterocycles. The van der Waals surface area contributed by atoms with E-state index in [1.165, 1.54) is 13.0 Å². The summed E-state index contributed by atoms with van der Waals surface area (Å²) in [6, 6.07) is 8.36. The summed E-state index contributed by atoms with van der Waals surface area (Å²) in [6.45, 7) is 9.14. The zero-order valence-electron chi connectivity index (χ0n) is 16.3. The third-order valence-corrected chi connectivity index (χ3v) is 3.84. The Morgan fingerprint density at radius 3 is 2.26 bits per heavy atom. The fraction of sp³-hybridized carbons (Fsp3) is 0.333. The molecule has 0 fully saturated rings. The number of aryl methyl sites for hydroxylation is 2. The van der Waals surface area contributed by atoms with E-state index in [1.54, 1.807) is 12.1 Å². The van der Waals surface area contributed by atoms with Crippen LogP contribution < -0.4 is 15.4 Å². The van der Waals surface area contributed by atoms with E-state index in [2.05, 4.69) is 10.6 Å². The molecule has 0 aliphatic carbocycles. The van der Waals surface area contributed by atoms with Crippen LogP contribution in [0.15, 0.2) is 30.3 Å². The number of carbonyl (C=O) groups excluding carboxylic acids is 2. The van der Waals surface area contributed by atoms with Gasteiger partial charge in [0.2, 0.25) is 11.8 Å². The van der Waals surface area contributed by atoms with Gasteiger partial charge in [0.1, 0.15) is 17.2 Å². The van der Waals surface area contributed by atoms with Crippen molar-refractivity contribution in [3.63, 3.8) is 0 Å². The first-order chi connectivity index (χ1) is 12.7. The van der Waals surface area contributed by atoms with Crippen molar-refractivity contribution in [1.82, 2.24) is 0 Å². The first-order valence-electron chi connectivity index (χ1n) is 8.85. The normalized spacial score (nSPS) is 10.6. The van der Waals surface area contributed by atoms with Crippen LogP contribution in [0.5, 0.6) is 17.2 Å². The Bertz CT molecular complexity index is 836. The molecule has 0 bridgehead atoms. The van der Waals surface area contributed by atoms with Crippen LogP contribution in [0.3, 0.4) is 0 Å². The topological polar surface area (TPSA) is 87.7 Å². The predicted molar refractivity (Wildman–Crippen MR) is 106 cm³/mol. The number of hydrogen-bond acceptors (Lipinski definition) is 4. The lowest BCUT2D eigenvalue weighted by Gasteiger charge is -2.15. The maximum absolute atomic E-state index is 12.0. The smallest absolute Gasteiger partial charge is 0.224 e. The van der Waals surface area contributed by atoms with Crippen LogP contribution >= 0.6 is 0 Å². The monoisotopic (exact) mass is 370 g/mol. The SMILES string of the molecule is CC(=O)Nc1cc(C)c(Oc2ccc(O)c(NC(=O)CC(C)C)c2)c(C)c1. The Hall–Kier alpha value is -3.02. The molecule has 0 atom stereocenters. The molecule has 6 nitrogen and oxygen atoms in total. The summed E-state index contributed by atoms with van der Waals surface area (Å²) in [5.41, 5.74) is 2.73. The molecule has 0 saturated heterocycles. The summed E-state index contributed by atoms with van der Waals surface area (Å²) in [6.07, 6.45) is 0.368. The van der Waals surface area contributed by atoms with Gasteiger partial charge in [-0.3, -0.25) is 9.59 Å². The zero-order chi connectivity index (χ0) is 20.1. The van der Waals surface area contributed by atoms with Gasteiger partial charge in [-0.1, -0.05) is 13.8 Å². The average Bonchev–Trinajstić information content (AvgIpc) is 2.52. The highest BCUT2D eigenvalue weighted by atomic mass is 16.5. The van der Waals surface area contributed by atoms with Gasteiger partial charge >= 0.3 is 0 Å². The lowest BCUT2D eigenvalue weighted by molar-refractivity contribution is -0.117. The van der Waals surface area contributed by atoms with Crippen LogP contribution in [0.2, 0.25) is 0 Å². The fourth-order valence-corrected chi connectivity index (χ4v) is 2.76. The van der Waals surface area contributed by atoms with Gasteiger partial charge in [0, 0.05) is 25.1 Å². The first-order valence-corrected chi connectivity index (χ1v) is 8.85. The zero-order valence-corrected chi connectivity index (χ0v) is 16.3. The molecule has 144 valence electrons. The lowest BCUT2D eigenvalue weighted by atomic mass is 10.1. The van der Waals surface area contributed by atoms with Gasteiger partial charge in [0.15, 0.2) is 0 Å². The lowest BCUT2D eigenvalue weighted by Crippen LogP contribution is -2.13. The minimum atomic E-state index is -0.163. The van der Waals surface area contributed by atoms with E-state index in [-0.39, 0.29) is 23.5 Å². The Kier molecular flexibility index (Phi) is 6.45. The van der Waals surface area contributed by atoms with Crippen LogP contribution in [0.4, 0.5) is 11.4 Å². The molecule has 27 heavy (non-hydrogen) atoms. The van der Waals surface area contributed by atoms with Gasteiger partial charge in [-0.15, -0.1) is 0 Å². The summed E-state index contributed by atoms with van der Waals surface area (Å²) in [5, 5.41) is 15.5. The average molecular weight is 370 g/mol. The number of aromatic hydroxyl groups is 1. The summed E-state index contributed by atoms with van der Waals surface area (Å²) < 4.78 is 5.98. The van der Waals surface area contributed by atoms with Crippen LogP contribution in [-0.4, -0.2) is 16.9 Å². The van der Waals surface area contributed by atoms with Gasteiger partial charge in [-0.2, -0.15) is 0 Å². The standard InChI is InChI=1S/C21H26N2O4/c1-12(2)8-20(26)23-18-11-17(6-7-19(18)25)27-21-13(3)9-16(10-14(21)4)22-15(5)24/h6-7,9-12,25H,8H2,1-5H3,(H,22,24)(H,23,26). The van der Waals surface area contributed by atoms with Crippen molar-refractivity contribution in [3.8, 4) is 17.2 Å². The number of phenols is 1. The molecule has 0 saturated carbocycles. The van der Waals surface area contributed by atoms with Crippen LogP contribution in [0.1, 0.15) is 38.3 Å². The van der Waals surface area contributed by atoms with E-state index in [4.69, 9.17) is 4.74 Å². The second-order valence-electron chi connectivity index (χ2n) is 7.05. The Labute approximate surface area is 159 Å². The van der Waals surface area contributed by atoms with Crippen molar-refractivity contribution in [3.05, 3.63) is 41.5 Å². The molecular weight excluding hydrogens is 344 g/mol. The van der Waals surface area contributed by atoms with Gasteiger partial charge in [0.05, 0.1) is 5.69 Å². The predicted octanol–water partition coefficient (Wildman–Crippen LogP) is 4.74. The molecule has 2 rings (SSSR count). The van der Waals surface area contributed by atoms with Gasteiger partial charge in [-0.05, 0) is 55.2 Å². The molecule has 2 aromatic rings. The Morgan fingerprint density at radius 1 is 1.07 bits per heavy atom. The van der Waals surface area contributed by atoms with Crippen LogP contribution in [0, 0.1) is 19.8 Å². The summed E-state index contributed by atoms with van der Waals surface area (Å²) in [5.74, 6) is 1.06. The largest absolute Gasteiger partial charge is 0.506 e. The minimum absolute atomic E-state index is 0.0195. The van der Waals surface area contributed by atoms with E-state index < -0.39 is 0 Å². The molecule has 0 spiro atoms. The van der Waals surface area contributed by atoms with Gasteiger partial charge in [-0.25, -0.2) is 0 Å². The van der Waals surface area contributed by atoms with Crippen LogP contribution in [0.25, 0.3) is 0 Å². The van der Waals surface area contributed by atoms with Gasteiger partial charge in [0.25, 0.3) is 0 Å². The van der Waals surface area contributed by atoms with Crippen molar-refractivity contribution in [2.24, 2.45) is 5.92 Å². The molecule has 3 N–H and O–H groups in total. The third-order valence-electron chi connectivity index (χ3n) is 3.84. The summed E-state index contributed by atoms with van der Waals surface area (Å²) in [4.78, 5) is 23.2. The molecule has 2 aromatic carbocycles. The van der Waals surface area contributed by atoms with Crippen molar-refractivity contribution < 1.29 is 19.4 Å². The van der Waals surface area contributed by atoms with Crippen LogP contribution in [-0.2, 0) is 9.59 Å². The number of benzene rings is 2. The number of carbonyl (C=O) groups is 2.